The largest absolute Gasteiger partial charge is 0.261 e. The maximum atomic E-state index is 4.47. The Kier molecular flexibility index (Phi) is 3.79. The molecule has 0 saturated carbocycles. The van der Waals surface area contributed by atoms with E-state index in [1.165, 1.54) is 5.56 Å². The quantitative estimate of drug-likeness (QED) is 0.731. The molecule has 0 fully saturated rings. The fraction of sp³-hybridized carbons (Fsp3) is 0.545. The highest BCUT2D eigenvalue weighted by Gasteiger charge is 2.14. The third-order valence-corrected chi connectivity index (χ3v) is 2.70. The fourth-order valence-electron chi connectivity index (χ4n) is 1.50. The van der Waals surface area contributed by atoms with Crippen molar-refractivity contribution in [2.24, 2.45) is 0 Å². The van der Waals surface area contributed by atoms with Crippen LogP contribution >= 0.6 is 12.6 Å². The van der Waals surface area contributed by atoms with E-state index in [4.69, 9.17) is 0 Å². The second-order valence-electron chi connectivity index (χ2n) is 3.52. The minimum absolute atomic E-state index is 0.375. The van der Waals surface area contributed by atoms with Gasteiger partial charge >= 0.3 is 0 Å². The van der Waals surface area contributed by atoms with Gasteiger partial charge in [0.25, 0.3) is 0 Å². The first-order valence-electron chi connectivity index (χ1n) is 4.75. The average molecular weight is 195 g/mol. The van der Waals surface area contributed by atoms with Crippen molar-refractivity contribution >= 4 is 12.6 Å². The van der Waals surface area contributed by atoms with Gasteiger partial charge in [0.2, 0.25) is 0 Å². The molecule has 0 amide bonds. The van der Waals surface area contributed by atoms with Gasteiger partial charge in [0, 0.05) is 23.1 Å². The van der Waals surface area contributed by atoms with Gasteiger partial charge in [0.05, 0.1) is 0 Å². The van der Waals surface area contributed by atoms with Crippen molar-refractivity contribution in [2.75, 3.05) is 0 Å². The van der Waals surface area contributed by atoms with Gasteiger partial charge in [-0.1, -0.05) is 19.9 Å². The van der Waals surface area contributed by atoms with E-state index in [9.17, 15) is 0 Å². The summed E-state index contributed by atoms with van der Waals surface area (Å²) in [6.45, 7) is 6.36. The Bertz CT molecular complexity index is 253. The molecule has 1 nitrogen and oxygen atoms in total. The van der Waals surface area contributed by atoms with Crippen LogP contribution in [0, 0.1) is 6.92 Å². The Labute approximate surface area is 86.0 Å². The molecule has 0 aromatic carbocycles. The normalized spacial score (nSPS) is 15.4. The molecule has 0 bridgehead atoms. The van der Waals surface area contributed by atoms with Gasteiger partial charge in [0.15, 0.2) is 0 Å². The molecule has 13 heavy (non-hydrogen) atoms. The van der Waals surface area contributed by atoms with Crippen LogP contribution in [0.5, 0.6) is 0 Å². The molecule has 1 aromatic rings. The molecular formula is C11H17NS. The van der Waals surface area contributed by atoms with Gasteiger partial charge in [-0.25, -0.2) is 0 Å². The van der Waals surface area contributed by atoms with Gasteiger partial charge in [-0.3, -0.25) is 4.98 Å². The predicted molar refractivity (Wildman–Crippen MR) is 60.5 cm³/mol. The summed E-state index contributed by atoms with van der Waals surface area (Å²) in [5, 5.41) is 0.375. The number of pyridine rings is 1. The zero-order valence-electron chi connectivity index (χ0n) is 8.49. The molecular weight excluding hydrogens is 178 g/mol. The van der Waals surface area contributed by atoms with Gasteiger partial charge in [0.1, 0.15) is 0 Å². The standard InChI is InChI=1S/C11H17NS/c1-4-10(9(3)13)11-6-5-8(2)7-12-11/h5-7,9-10,13H,4H2,1-3H3. The first kappa shape index (κ1) is 10.6. The third-order valence-electron chi connectivity index (χ3n) is 2.34. The zero-order chi connectivity index (χ0) is 9.84. The third kappa shape index (κ3) is 2.73. The molecule has 0 aliphatic carbocycles. The van der Waals surface area contributed by atoms with E-state index in [1.807, 2.05) is 6.20 Å². The van der Waals surface area contributed by atoms with E-state index in [0.29, 0.717) is 11.2 Å². The smallest absolute Gasteiger partial charge is 0.0445 e. The number of aryl methyl sites for hydroxylation is 1. The van der Waals surface area contributed by atoms with E-state index in [-0.39, 0.29) is 0 Å². The van der Waals surface area contributed by atoms with Gasteiger partial charge < -0.3 is 0 Å². The number of aromatic nitrogens is 1. The highest BCUT2D eigenvalue weighted by atomic mass is 32.1. The Morgan fingerprint density at radius 3 is 2.54 bits per heavy atom. The topological polar surface area (TPSA) is 12.9 Å². The number of nitrogens with zero attached hydrogens (tertiary/aromatic N) is 1. The van der Waals surface area contributed by atoms with Crippen molar-refractivity contribution in [3.8, 4) is 0 Å². The summed E-state index contributed by atoms with van der Waals surface area (Å²) < 4.78 is 0. The van der Waals surface area contributed by atoms with Gasteiger partial charge in [-0.05, 0) is 25.0 Å². The van der Waals surface area contributed by atoms with Gasteiger partial charge in [-0.15, -0.1) is 0 Å². The van der Waals surface area contributed by atoms with Crippen molar-refractivity contribution < 1.29 is 0 Å². The first-order valence-corrected chi connectivity index (χ1v) is 5.27. The minimum atomic E-state index is 0.375. The molecule has 0 N–H and O–H groups in total. The summed E-state index contributed by atoms with van der Waals surface area (Å²) in [6.07, 6.45) is 3.02. The Morgan fingerprint density at radius 2 is 2.15 bits per heavy atom. The van der Waals surface area contributed by atoms with Crippen molar-refractivity contribution in [3.63, 3.8) is 0 Å². The van der Waals surface area contributed by atoms with Crippen LogP contribution in [0.4, 0.5) is 0 Å². The lowest BCUT2D eigenvalue weighted by atomic mass is 9.98. The van der Waals surface area contributed by atoms with Crippen LogP contribution in [0.2, 0.25) is 0 Å². The number of hydrogen-bond donors (Lipinski definition) is 1. The van der Waals surface area contributed by atoms with Crippen molar-refractivity contribution in [3.05, 3.63) is 29.6 Å². The van der Waals surface area contributed by atoms with Crippen molar-refractivity contribution in [1.29, 1.82) is 0 Å². The minimum Gasteiger partial charge on any atom is -0.261 e. The Balaban J connectivity index is 2.86. The lowest BCUT2D eigenvalue weighted by Crippen LogP contribution is -2.10. The van der Waals surface area contributed by atoms with E-state index in [2.05, 4.69) is 50.5 Å². The maximum Gasteiger partial charge on any atom is 0.0445 e. The summed E-state index contributed by atoms with van der Waals surface area (Å²) in [5.74, 6) is 0.476. The van der Waals surface area contributed by atoms with Crippen molar-refractivity contribution in [2.45, 2.75) is 38.4 Å². The van der Waals surface area contributed by atoms with Crippen LogP contribution in [0.1, 0.15) is 37.4 Å². The molecule has 1 aromatic heterocycles. The van der Waals surface area contributed by atoms with E-state index >= 15 is 0 Å². The molecule has 2 atom stereocenters. The zero-order valence-corrected chi connectivity index (χ0v) is 9.38. The molecule has 0 spiro atoms. The Morgan fingerprint density at radius 1 is 1.46 bits per heavy atom. The lowest BCUT2D eigenvalue weighted by Gasteiger charge is -2.17. The number of hydrogen-bond acceptors (Lipinski definition) is 2. The molecule has 1 rings (SSSR count). The molecule has 1 heterocycles. The van der Waals surface area contributed by atoms with E-state index in [0.717, 1.165) is 12.1 Å². The maximum absolute atomic E-state index is 4.47. The second-order valence-corrected chi connectivity index (χ2v) is 4.33. The first-order chi connectivity index (χ1) is 6.15. The monoisotopic (exact) mass is 195 g/mol. The fourth-order valence-corrected chi connectivity index (χ4v) is 1.86. The van der Waals surface area contributed by atoms with Crippen LogP contribution in [0.15, 0.2) is 18.3 Å². The van der Waals surface area contributed by atoms with Crippen LogP contribution in [-0.2, 0) is 0 Å². The summed E-state index contributed by atoms with van der Waals surface area (Å²) in [7, 11) is 0. The molecule has 0 saturated heterocycles. The lowest BCUT2D eigenvalue weighted by molar-refractivity contribution is 0.639. The second kappa shape index (κ2) is 4.66. The van der Waals surface area contributed by atoms with Gasteiger partial charge in [-0.2, -0.15) is 12.6 Å². The SMILES string of the molecule is CCC(c1ccc(C)cn1)C(C)S. The van der Waals surface area contributed by atoms with Crippen LogP contribution in [-0.4, -0.2) is 10.2 Å². The molecule has 72 valence electrons. The van der Waals surface area contributed by atoms with Crippen molar-refractivity contribution in [1.82, 2.24) is 4.98 Å². The van der Waals surface area contributed by atoms with Crippen LogP contribution in [0.25, 0.3) is 0 Å². The summed E-state index contributed by atoms with van der Waals surface area (Å²) in [4.78, 5) is 4.42. The molecule has 2 unspecified atom stereocenters. The summed E-state index contributed by atoms with van der Waals surface area (Å²) in [5.41, 5.74) is 2.38. The highest BCUT2D eigenvalue weighted by Crippen LogP contribution is 2.24. The summed E-state index contributed by atoms with van der Waals surface area (Å²) >= 11 is 4.47. The van der Waals surface area contributed by atoms with E-state index in [1.54, 1.807) is 0 Å². The summed E-state index contributed by atoms with van der Waals surface area (Å²) in [6, 6.07) is 4.22. The highest BCUT2D eigenvalue weighted by molar-refractivity contribution is 7.81. The van der Waals surface area contributed by atoms with E-state index < -0.39 is 0 Å². The van der Waals surface area contributed by atoms with Crippen LogP contribution in [0.3, 0.4) is 0 Å². The number of rotatable bonds is 3. The molecule has 2 heteroatoms. The molecule has 0 radical (unpaired) electrons. The Hall–Kier alpha value is -0.500. The average Bonchev–Trinajstić information content (AvgIpc) is 2.09. The molecule has 0 aliphatic heterocycles. The van der Waals surface area contributed by atoms with Crippen LogP contribution < -0.4 is 0 Å². The molecule has 0 aliphatic rings. The predicted octanol–water partition coefficient (Wildman–Crippen LogP) is 3.20. The number of thiol groups is 1.